The molecule has 5 nitrogen and oxygen atoms in total. The molecule has 0 saturated carbocycles. The fourth-order valence-corrected chi connectivity index (χ4v) is 2.30. The van der Waals surface area contributed by atoms with Gasteiger partial charge in [0, 0.05) is 26.2 Å². The van der Waals surface area contributed by atoms with E-state index in [2.05, 4.69) is 21.0 Å². The van der Waals surface area contributed by atoms with Gasteiger partial charge in [0.2, 0.25) is 0 Å². The van der Waals surface area contributed by atoms with Gasteiger partial charge in [0.25, 0.3) is 5.56 Å². The van der Waals surface area contributed by atoms with Crippen LogP contribution in [0.5, 0.6) is 0 Å². The molecular formula is C14H16BrFN4O. The van der Waals surface area contributed by atoms with Crippen LogP contribution in [0.4, 0.5) is 10.1 Å². The van der Waals surface area contributed by atoms with E-state index in [-0.39, 0.29) is 17.9 Å². The molecule has 0 radical (unpaired) electrons. The maximum absolute atomic E-state index is 13.5. The largest absolute Gasteiger partial charge is 0.372 e. The second kappa shape index (κ2) is 6.82. The predicted molar refractivity (Wildman–Crippen MR) is 84.0 cm³/mol. The van der Waals surface area contributed by atoms with Crippen LogP contribution >= 0.6 is 15.9 Å². The molecule has 0 amide bonds. The van der Waals surface area contributed by atoms with Crippen molar-refractivity contribution >= 4 is 21.6 Å². The maximum atomic E-state index is 13.5. The highest BCUT2D eigenvalue weighted by Gasteiger charge is 2.09. The number of hydrogen-bond donors (Lipinski definition) is 1. The molecule has 7 heteroatoms. The van der Waals surface area contributed by atoms with Gasteiger partial charge in [-0.1, -0.05) is 12.1 Å². The van der Waals surface area contributed by atoms with E-state index in [1.165, 1.54) is 16.8 Å². The quantitative estimate of drug-likeness (QED) is 0.885. The summed E-state index contributed by atoms with van der Waals surface area (Å²) in [7, 11) is 1.84. The first kappa shape index (κ1) is 15.7. The lowest BCUT2D eigenvalue weighted by Crippen LogP contribution is -2.29. The average molecular weight is 355 g/mol. The third kappa shape index (κ3) is 3.68. The minimum Gasteiger partial charge on any atom is -0.372 e. The molecule has 0 unspecified atom stereocenters. The van der Waals surface area contributed by atoms with Crippen LogP contribution in [0.1, 0.15) is 5.56 Å². The second-order valence-electron chi connectivity index (χ2n) is 4.63. The van der Waals surface area contributed by atoms with Crippen molar-refractivity contribution in [3.63, 3.8) is 0 Å². The molecule has 112 valence electrons. The van der Waals surface area contributed by atoms with Crippen molar-refractivity contribution < 1.29 is 4.39 Å². The highest BCUT2D eigenvalue weighted by molar-refractivity contribution is 9.10. The fourth-order valence-electron chi connectivity index (χ4n) is 1.91. The van der Waals surface area contributed by atoms with Gasteiger partial charge in [-0.05, 0) is 27.6 Å². The van der Waals surface area contributed by atoms with Crippen molar-refractivity contribution in [1.29, 1.82) is 0 Å². The van der Waals surface area contributed by atoms with Crippen LogP contribution in [0.3, 0.4) is 0 Å². The zero-order chi connectivity index (χ0) is 15.4. The lowest BCUT2D eigenvalue weighted by molar-refractivity contribution is 0.602. The number of hydrogen-bond acceptors (Lipinski definition) is 4. The van der Waals surface area contributed by atoms with Crippen LogP contribution < -0.4 is 16.2 Å². The van der Waals surface area contributed by atoms with Crippen molar-refractivity contribution in [2.45, 2.75) is 6.54 Å². The van der Waals surface area contributed by atoms with Crippen molar-refractivity contribution in [2.24, 2.45) is 5.73 Å². The highest BCUT2D eigenvalue weighted by atomic mass is 79.9. The van der Waals surface area contributed by atoms with Crippen LogP contribution in [-0.4, -0.2) is 29.9 Å². The second-order valence-corrected chi connectivity index (χ2v) is 5.43. The summed E-state index contributed by atoms with van der Waals surface area (Å²) < 4.78 is 15.1. The minimum absolute atomic E-state index is 0.206. The zero-order valence-corrected chi connectivity index (χ0v) is 13.2. The number of nitrogens with two attached hydrogens (primary N) is 1. The first-order valence-electron chi connectivity index (χ1n) is 6.44. The third-order valence-electron chi connectivity index (χ3n) is 3.11. The van der Waals surface area contributed by atoms with Gasteiger partial charge < -0.3 is 10.6 Å². The summed E-state index contributed by atoms with van der Waals surface area (Å²) in [5, 5.41) is 4.13. The molecule has 0 bridgehead atoms. The van der Waals surface area contributed by atoms with E-state index in [4.69, 9.17) is 5.73 Å². The Morgan fingerprint density at radius 2 is 2.24 bits per heavy atom. The summed E-state index contributed by atoms with van der Waals surface area (Å²) in [6.45, 7) is 1.34. The SMILES string of the molecule is CN(CCN)c1cnn(Cc2cccc(F)c2Br)c(=O)c1. The molecular weight excluding hydrogens is 339 g/mol. The third-order valence-corrected chi connectivity index (χ3v) is 4.00. The van der Waals surface area contributed by atoms with Crippen LogP contribution in [-0.2, 0) is 6.54 Å². The molecule has 2 N–H and O–H groups in total. The number of rotatable bonds is 5. The summed E-state index contributed by atoms with van der Waals surface area (Å²) >= 11 is 3.18. The number of aromatic nitrogens is 2. The van der Waals surface area contributed by atoms with Crippen LogP contribution in [0.25, 0.3) is 0 Å². The van der Waals surface area contributed by atoms with E-state index in [0.29, 0.717) is 28.8 Å². The molecule has 0 aliphatic carbocycles. The first-order chi connectivity index (χ1) is 10.0. The summed E-state index contributed by atoms with van der Waals surface area (Å²) in [6, 6.07) is 6.20. The number of benzene rings is 1. The Morgan fingerprint density at radius 3 is 2.90 bits per heavy atom. The number of halogens is 2. The molecule has 1 aromatic carbocycles. The Hall–Kier alpha value is -1.73. The molecule has 2 rings (SSSR count). The monoisotopic (exact) mass is 354 g/mol. The molecule has 2 aromatic rings. The molecule has 21 heavy (non-hydrogen) atoms. The molecule has 1 heterocycles. The van der Waals surface area contributed by atoms with E-state index in [1.807, 2.05) is 11.9 Å². The van der Waals surface area contributed by atoms with E-state index in [0.717, 1.165) is 0 Å². The summed E-state index contributed by atoms with van der Waals surface area (Å²) in [5.41, 5.74) is 6.61. The van der Waals surface area contributed by atoms with E-state index in [1.54, 1.807) is 18.3 Å². The predicted octanol–water partition coefficient (Wildman–Crippen LogP) is 1.59. The van der Waals surface area contributed by atoms with E-state index in [9.17, 15) is 9.18 Å². The number of anilines is 1. The van der Waals surface area contributed by atoms with E-state index < -0.39 is 0 Å². The fraction of sp³-hybridized carbons (Fsp3) is 0.286. The van der Waals surface area contributed by atoms with Gasteiger partial charge in [-0.2, -0.15) is 5.10 Å². The summed E-state index contributed by atoms with van der Waals surface area (Å²) in [5.74, 6) is -0.361. The zero-order valence-electron chi connectivity index (χ0n) is 11.6. The molecule has 1 aromatic heterocycles. The Labute approximate surface area is 130 Å². The summed E-state index contributed by atoms with van der Waals surface area (Å²) in [4.78, 5) is 13.9. The maximum Gasteiger partial charge on any atom is 0.269 e. The van der Waals surface area contributed by atoms with Crippen LogP contribution in [0, 0.1) is 5.82 Å². The average Bonchev–Trinajstić information content (AvgIpc) is 2.46. The van der Waals surface area contributed by atoms with Crippen molar-refractivity contribution in [3.8, 4) is 0 Å². The van der Waals surface area contributed by atoms with Gasteiger partial charge in [0.05, 0.1) is 22.9 Å². The topological polar surface area (TPSA) is 64.2 Å². The lowest BCUT2D eigenvalue weighted by Gasteiger charge is -2.17. The van der Waals surface area contributed by atoms with Gasteiger partial charge in [-0.15, -0.1) is 0 Å². The Bertz CT molecular complexity index is 689. The molecule has 0 fully saturated rings. The van der Waals surface area contributed by atoms with Gasteiger partial charge >= 0.3 is 0 Å². The Morgan fingerprint density at radius 1 is 1.48 bits per heavy atom. The molecule has 0 saturated heterocycles. The summed E-state index contributed by atoms with van der Waals surface area (Å²) in [6.07, 6.45) is 1.60. The number of likely N-dealkylation sites (N-methyl/N-ethyl adjacent to an activating group) is 1. The van der Waals surface area contributed by atoms with Crippen molar-refractivity contribution in [2.75, 3.05) is 25.0 Å². The molecule has 0 atom stereocenters. The lowest BCUT2D eigenvalue weighted by atomic mass is 10.2. The smallest absolute Gasteiger partial charge is 0.269 e. The molecule has 0 aliphatic rings. The first-order valence-corrected chi connectivity index (χ1v) is 7.23. The van der Waals surface area contributed by atoms with Gasteiger partial charge in [0.15, 0.2) is 0 Å². The normalized spacial score (nSPS) is 10.7. The molecule has 0 spiro atoms. The van der Waals surface area contributed by atoms with E-state index >= 15 is 0 Å². The van der Waals surface area contributed by atoms with Gasteiger partial charge in [0.1, 0.15) is 5.82 Å². The number of nitrogens with zero attached hydrogens (tertiary/aromatic N) is 3. The minimum atomic E-state index is -0.361. The standard InChI is InChI=1S/C14H16BrFN4O/c1-19(6-5-17)11-7-13(21)20(18-8-11)9-10-3-2-4-12(16)14(10)15/h2-4,7-8H,5-6,9,17H2,1H3. The highest BCUT2D eigenvalue weighted by Crippen LogP contribution is 2.20. The van der Waals surface area contributed by atoms with Crippen molar-refractivity contribution in [1.82, 2.24) is 9.78 Å². The van der Waals surface area contributed by atoms with Gasteiger partial charge in [-0.3, -0.25) is 4.79 Å². The Balaban J connectivity index is 2.26. The van der Waals surface area contributed by atoms with Crippen LogP contribution in [0.2, 0.25) is 0 Å². The molecule has 0 aliphatic heterocycles. The van der Waals surface area contributed by atoms with Crippen molar-refractivity contribution in [3.05, 3.63) is 56.7 Å². The van der Waals surface area contributed by atoms with Crippen LogP contribution in [0.15, 0.2) is 39.7 Å². The van der Waals surface area contributed by atoms with Gasteiger partial charge in [-0.25, -0.2) is 9.07 Å². The Kier molecular flexibility index (Phi) is 5.08.